The molecule has 6 nitrogen and oxygen atoms in total. The minimum Gasteiger partial charge on any atom is -0.480 e. The molecule has 0 saturated heterocycles. The fourth-order valence-electron chi connectivity index (χ4n) is 1.88. The second-order valence-electron chi connectivity index (χ2n) is 5.51. The summed E-state index contributed by atoms with van der Waals surface area (Å²) in [7, 11) is -3.64. The molecular weight excluding hydrogens is 292 g/mol. The maximum Gasteiger partial charge on any atom is 0.329 e. The van der Waals surface area contributed by atoms with Gasteiger partial charge < -0.3 is 10.4 Å². The van der Waals surface area contributed by atoms with Gasteiger partial charge in [-0.1, -0.05) is 19.1 Å². The quantitative estimate of drug-likeness (QED) is 0.713. The number of anilines is 1. The molecule has 7 heteroatoms. The van der Waals surface area contributed by atoms with Gasteiger partial charge in [-0.2, -0.15) is 0 Å². The molecule has 0 radical (unpaired) electrons. The van der Waals surface area contributed by atoms with Gasteiger partial charge in [0, 0.05) is 6.04 Å². The van der Waals surface area contributed by atoms with Crippen LogP contribution in [-0.2, 0) is 14.8 Å². The summed E-state index contributed by atoms with van der Waals surface area (Å²) in [5, 5.41) is 12.2. The lowest BCUT2D eigenvalue weighted by Crippen LogP contribution is -2.43. The summed E-state index contributed by atoms with van der Waals surface area (Å²) in [5.74, 6) is -1.02. The van der Waals surface area contributed by atoms with E-state index in [9.17, 15) is 18.3 Å². The van der Waals surface area contributed by atoms with Crippen LogP contribution in [0, 0.1) is 0 Å². The van der Waals surface area contributed by atoms with E-state index < -0.39 is 21.5 Å². The van der Waals surface area contributed by atoms with Gasteiger partial charge in [0.1, 0.15) is 10.4 Å². The Balaban J connectivity index is 2.34. The van der Waals surface area contributed by atoms with E-state index in [-0.39, 0.29) is 10.9 Å². The molecule has 1 aromatic carbocycles. The lowest BCUT2D eigenvalue weighted by molar-refractivity contribution is -0.141. The number of hydrogen-bond acceptors (Lipinski definition) is 4. The van der Waals surface area contributed by atoms with Crippen molar-refractivity contribution in [3.05, 3.63) is 24.3 Å². The summed E-state index contributed by atoms with van der Waals surface area (Å²) in [6.45, 7) is 3.27. The number of para-hydroxylation sites is 1. The first-order chi connectivity index (χ1) is 9.78. The van der Waals surface area contributed by atoms with Gasteiger partial charge >= 0.3 is 5.97 Å². The largest absolute Gasteiger partial charge is 0.480 e. The first-order valence-corrected chi connectivity index (χ1v) is 8.40. The molecule has 0 aromatic heterocycles. The molecule has 0 aliphatic heterocycles. The molecule has 1 atom stereocenters. The molecule has 1 saturated carbocycles. The van der Waals surface area contributed by atoms with Crippen molar-refractivity contribution >= 4 is 21.7 Å². The van der Waals surface area contributed by atoms with Crippen molar-refractivity contribution in [1.29, 1.82) is 0 Å². The zero-order valence-corrected chi connectivity index (χ0v) is 12.9. The average Bonchev–Trinajstić information content (AvgIpc) is 3.22. The first kappa shape index (κ1) is 15.8. The van der Waals surface area contributed by atoms with Gasteiger partial charge in [0.2, 0.25) is 10.0 Å². The fourth-order valence-corrected chi connectivity index (χ4v) is 3.35. The van der Waals surface area contributed by atoms with Crippen molar-refractivity contribution in [2.45, 2.75) is 49.6 Å². The molecule has 1 aromatic rings. The number of carboxylic acids is 1. The molecule has 0 amide bonds. The summed E-state index contributed by atoms with van der Waals surface area (Å²) in [6.07, 6.45) is 2.01. The number of benzene rings is 1. The number of sulfonamides is 1. The van der Waals surface area contributed by atoms with E-state index in [1.54, 1.807) is 25.1 Å². The molecule has 21 heavy (non-hydrogen) atoms. The molecule has 1 aliphatic carbocycles. The molecule has 116 valence electrons. The number of carboxylic acid groups (broad SMARTS) is 1. The predicted molar refractivity (Wildman–Crippen MR) is 79.7 cm³/mol. The smallest absolute Gasteiger partial charge is 0.329 e. The Bertz CT molecular complexity index is 640. The Kier molecular flexibility index (Phi) is 4.25. The molecule has 0 spiro atoms. The maximum atomic E-state index is 12.3. The molecule has 3 N–H and O–H groups in total. The van der Waals surface area contributed by atoms with E-state index >= 15 is 0 Å². The summed E-state index contributed by atoms with van der Waals surface area (Å²) in [4.78, 5) is 11.5. The van der Waals surface area contributed by atoms with Gasteiger partial charge in [0.25, 0.3) is 0 Å². The van der Waals surface area contributed by atoms with Crippen molar-refractivity contribution in [2.75, 3.05) is 5.32 Å². The van der Waals surface area contributed by atoms with Crippen LogP contribution in [0.2, 0.25) is 0 Å². The van der Waals surface area contributed by atoms with Gasteiger partial charge in [-0.15, -0.1) is 0 Å². The Morgan fingerprint density at radius 1 is 1.38 bits per heavy atom. The first-order valence-electron chi connectivity index (χ1n) is 6.91. The van der Waals surface area contributed by atoms with Gasteiger partial charge in [0.15, 0.2) is 0 Å². The van der Waals surface area contributed by atoms with Crippen LogP contribution in [0.4, 0.5) is 5.69 Å². The standard InChI is InChI=1S/C14H20N2O4S/c1-3-14(2,13(17)18)15-11-6-4-5-7-12(11)21(19,20)16-10-8-9-10/h4-7,10,15-16H,3,8-9H2,1-2H3,(H,17,18). The monoisotopic (exact) mass is 312 g/mol. The number of nitrogens with one attached hydrogen (secondary N) is 2. The predicted octanol–water partition coefficient (Wildman–Crippen LogP) is 1.79. The van der Waals surface area contributed by atoms with Crippen molar-refractivity contribution in [1.82, 2.24) is 4.72 Å². The van der Waals surface area contributed by atoms with Crippen LogP contribution >= 0.6 is 0 Å². The van der Waals surface area contributed by atoms with Gasteiger partial charge in [-0.25, -0.2) is 17.9 Å². The Labute approximate surface area is 124 Å². The average molecular weight is 312 g/mol. The molecule has 2 rings (SSSR count). The van der Waals surface area contributed by atoms with Crippen LogP contribution in [0.3, 0.4) is 0 Å². The lowest BCUT2D eigenvalue weighted by atomic mass is 9.99. The third-order valence-electron chi connectivity index (χ3n) is 3.67. The fraction of sp³-hybridized carbons (Fsp3) is 0.500. The Morgan fingerprint density at radius 2 is 2.00 bits per heavy atom. The molecule has 1 unspecified atom stereocenters. The van der Waals surface area contributed by atoms with Gasteiger partial charge in [-0.3, -0.25) is 0 Å². The van der Waals surface area contributed by atoms with Crippen LogP contribution in [0.25, 0.3) is 0 Å². The molecular formula is C14H20N2O4S. The van der Waals surface area contributed by atoms with Crippen molar-refractivity contribution in [3.63, 3.8) is 0 Å². The molecule has 0 bridgehead atoms. The second kappa shape index (κ2) is 5.65. The third kappa shape index (κ3) is 3.54. The van der Waals surface area contributed by atoms with Gasteiger partial charge in [0.05, 0.1) is 5.69 Å². The Morgan fingerprint density at radius 3 is 2.52 bits per heavy atom. The van der Waals surface area contributed by atoms with E-state index in [1.165, 1.54) is 13.0 Å². The van der Waals surface area contributed by atoms with Crippen molar-refractivity contribution < 1.29 is 18.3 Å². The van der Waals surface area contributed by atoms with E-state index in [0.717, 1.165) is 12.8 Å². The van der Waals surface area contributed by atoms with Crippen LogP contribution < -0.4 is 10.0 Å². The normalized spacial score (nSPS) is 18.0. The van der Waals surface area contributed by atoms with Crippen LogP contribution in [-0.4, -0.2) is 31.1 Å². The van der Waals surface area contributed by atoms with Crippen molar-refractivity contribution in [3.8, 4) is 0 Å². The number of hydrogen-bond donors (Lipinski definition) is 3. The SMILES string of the molecule is CCC(C)(Nc1ccccc1S(=O)(=O)NC1CC1)C(=O)O. The number of carbonyl (C=O) groups is 1. The molecule has 0 heterocycles. The van der Waals surface area contributed by atoms with E-state index in [1.807, 2.05) is 0 Å². The summed E-state index contributed by atoms with van der Waals surface area (Å²) in [5.41, 5.74) is -0.914. The van der Waals surface area contributed by atoms with Crippen LogP contribution in [0.15, 0.2) is 29.2 Å². The topological polar surface area (TPSA) is 95.5 Å². The zero-order chi connectivity index (χ0) is 15.7. The molecule has 1 fully saturated rings. The van der Waals surface area contributed by atoms with Gasteiger partial charge in [-0.05, 0) is 38.3 Å². The third-order valence-corrected chi connectivity index (χ3v) is 5.24. The number of rotatable bonds is 7. The Hall–Kier alpha value is -1.60. The highest BCUT2D eigenvalue weighted by Crippen LogP contribution is 2.28. The maximum absolute atomic E-state index is 12.3. The van der Waals surface area contributed by atoms with Crippen LogP contribution in [0.1, 0.15) is 33.1 Å². The summed E-state index contributed by atoms with van der Waals surface area (Å²) in [6, 6.07) is 6.36. The second-order valence-corrected chi connectivity index (χ2v) is 7.19. The number of aliphatic carboxylic acids is 1. The van der Waals surface area contributed by atoms with E-state index in [4.69, 9.17) is 0 Å². The van der Waals surface area contributed by atoms with E-state index in [2.05, 4.69) is 10.0 Å². The highest BCUT2D eigenvalue weighted by molar-refractivity contribution is 7.89. The lowest BCUT2D eigenvalue weighted by Gasteiger charge is -2.27. The van der Waals surface area contributed by atoms with Crippen LogP contribution in [0.5, 0.6) is 0 Å². The highest BCUT2D eigenvalue weighted by atomic mass is 32.2. The minimum absolute atomic E-state index is 0.0000821. The zero-order valence-electron chi connectivity index (χ0n) is 12.1. The summed E-state index contributed by atoms with van der Waals surface area (Å²) < 4.78 is 27.3. The van der Waals surface area contributed by atoms with E-state index in [0.29, 0.717) is 12.1 Å². The minimum atomic E-state index is -3.64. The molecule has 1 aliphatic rings. The highest BCUT2D eigenvalue weighted by Gasteiger charge is 2.34. The summed E-state index contributed by atoms with van der Waals surface area (Å²) >= 11 is 0. The van der Waals surface area contributed by atoms with Crippen molar-refractivity contribution in [2.24, 2.45) is 0 Å².